The van der Waals surface area contributed by atoms with E-state index in [2.05, 4.69) is 31.3 Å². The number of carbonyl (C=O) groups excluding carboxylic acids is 1. The SMILES string of the molecule is CCCCCCCCCCCCCC/C=C\CCCCCCCCCC(=O)NC(COP(=O)(O)OCC[N+](C)(C)C)C(O)CCCCCCCCCCCCCCCCCCCCCCCCCCC. The van der Waals surface area contributed by atoms with Crippen LogP contribution in [0.4, 0.5) is 0 Å². The first-order valence-electron chi connectivity index (χ1n) is 31.1. The van der Waals surface area contributed by atoms with E-state index in [1.165, 1.54) is 257 Å². The molecule has 0 aliphatic carbocycles. The number of phosphoric acid groups is 1. The third kappa shape index (κ3) is 55.0. The summed E-state index contributed by atoms with van der Waals surface area (Å²) in [6.45, 7) is 4.94. The molecule has 418 valence electrons. The van der Waals surface area contributed by atoms with Crippen LogP contribution in [0.5, 0.6) is 0 Å². The number of quaternary nitrogens is 1. The summed E-state index contributed by atoms with van der Waals surface area (Å²) in [5, 5.41) is 14.1. The second-order valence-electron chi connectivity index (χ2n) is 22.8. The third-order valence-corrected chi connectivity index (χ3v) is 15.5. The number of carbonyl (C=O) groups is 1. The molecule has 0 aromatic rings. The molecule has 3 N–H and O–H groups in total. The molecular weight excluding hydrogens is 888 g/mol. The lowest BCUT2D eigenvalue weighted by Gasteiger charge is -2.26. The summed E-state index contributed by atoms with van der Waals surface area (Å²) in [5.41, 5.74) is 0. The molecule has 0 saturated carbocycles. The summed E-state index contributed by atoms with van der Waals surface area (Å²) in [7, 11) is 1.63. The number of rotatable bonds is 58. The number of phosphoric ester groups is 1. The first kappa shape index (κ1) is 69.2. The molecule has 3 unspecified atom stereocenters. The summed E-state index contributed by atoms with van der Waals surface area (Å²) < 4.78 is 23.8. The van der Waals surface area contributed by atoms with E-state index < -0.39 is 20.0 Å². The van der Waals surface area contributed by atoms with Gasteiger partial charge in [-0.1, -0.05) is 289 Å². The minimum Gasteiger partial charge on any atom is -0.391 e. The zero-order valence-electron chi connectivity index (χ0n) is 47.8. The Morgan fingerprint density at radius 2 is 0.771 bits per heavy atom. The van der Waals surface area contributed by atoms with Crippen LogP contribution in [0, 0.1) is 0 Å². The van der Waals surface area contributed by atoms with E-state index in [4.69, 9.17) is 9.05 Å². The number of aliphatic hydroxyl groups is 1. The Morgan fingerprint density at radius 3 is 1.10 bits per heavy atom. The first-order chi connectivity index (χ1) is 34.0. The quantitative estimate of drug-likeness (QED) is 0.0243. The number of hydrogen-bond acceptors (Lipinski definition) is 5. The van der Waals surface area contributed by atoms with Gasteiger partial charge in [-0.05, 0) is 38.5 Å². The van der Waals surface area contributed by atoms with Crippen molar-refractivity contribution >= 4 is 13.7 Å². The number of aliphatic hydroxyl groups excluding tert-OH is 1. The molecule has 70 heavy (non-hydrogen) atoms. The summed E-state index contributed by atoms with van der Waals surface area (Å²) >= 11 is 0. The Kier molecular flexibility index (Phi) is 52.5. The van der Waals surface area contributed by atoms with Gasteiger partial charge in [0, 0.05) is 6.42 Å². The van der Waals surface area contributed by atoms with Crippen molar-refractivity contribution in [2.75, 3.05) is 40.9 Å². The smallest absolute Gasteiger partial charge is 0.391 e. The minimum atomic E-state index is -4.32. The Morgan fingerprint density at radius 1 is 0.471 bits per heavy atom. The van der Waals surface area contributed by atoms with Crippen LogP contribution < -0.4 is 5.32 Å². The van der Waals surface area contributed by atoms with E-state index in [-0.39, 0.29) is 19.1 Å². The molecule has 9 heteroatoms. The zero-order chi connectivity index (χ0) is 51.3. The maximum atomic E-state index is 13.0. The van der Waals surface area contributed by atoms with Crippen molar-refractivity contribution in [1.82, 2.24) is 5.32 Å². The molecule has 0 aromatic carbocycles. The second kappa shape index (κ2) is 53.1. The van der Waals surface area contributed by atoms with Crippen molar-refractivity contribution in [3.63, 3.8) is 0 Å². The van der Waals surface area contributed by atoms with Gasteiger partial charge < -0.3 is 19.8 Å². The molecule has 0 radical (unpaired) electrons. The average Bonchev–Trinajstić information content (AvgIpc) is 3.32. The number of allylic oxidation sites excluding steroid dienone is 2. The maximum Gasteiger partial charge on any atom is 0.472 e. The van der Waals surface area contributed by atoms with Crippen molar-refractivity contribution in [3.05, 3.63) is 12.2 Å². The van der Waals surface area contributed by atoms with Crippen LogP contribution in [0.2, 0.25) is 0 Å². The van der Waals surface area contributed by atoms with Gasteiger partial charge in [-0.2, -0.15) is 0 Å². The molecule has 0 aliphatic rings. The molecule has 0 aromatic heterocycles. The highest BCUT2D eigenvalue weighted by Crippen LogP contribution is 2.43. The highest BCUT2D eigenvalue weighted by Gasteiger charge is 2.28. The Bertz CT molecular complexity index is 1150. The van der Waals surface area contributed by atoms with Crippen molar-refractivity contribution in [1.29, 1.82) is 0 Å². The third-order valence-electron chi connectivity index (χ3n) is 14.5. The molecule has 0 saturated heterocycles. The highest BCUT2D eigenvalue weighted by atomic mass is 31.2. The van der Waals surface area contributed by atoms with Crippen molar-refractivity contribution in [3.8, 4) is 0 Å². The summed E-state index contributed by atoms with van der Waals surface area (Å²) in [6, 6.07) is -0.761. The van der Waals surface area contributed by atoms with Crippen LogP contribution in [0.15, 0.2) is 12.2 Å². The molecule has 0 bridgehead atoms. The van der Waals surface area contributed by atoms with Crippen molar-refractivity contribution in [2.45, 2.75) is 334 Å². The molecular formula is C61H124N2O6P+. The molecule has 1 amide bonds. The van der Waals surface area contributed by atoms with E-state index in [1.807, 2.05) is 21.1 Å². The van der Waals surface area contributed by atoms with Crippen molar-refractivity contribution in [2.24, 2.45) is 0 Å². The van der Waals surface area contributed by atoms with Gasteiger partial charge in [0.25, 0.3) is 0 Å². The minimum absolute atomic E-state index is 0.0764. The van der Waals surface area contributed by atoms with Gasteiger partial charge in [-0.25, -0.2) is 4.57 Å². The fourth-order valence-electron chi connectivity index (χ4n) is 9.63. The standard InChI is InChI=1S/C61H123N2O6P/c1-6-8-10-12-14-16-18-20-22-24-26-28-30-31-33-34-36-38-40-42-44-46-48-50-52-54-60(64)59(58-69-70(66,67)68-57-56-63(3,4)5)62-61(65)55-53-51-49-47-45-43-41-39-37-35-32-29-27-25-23-21-19-17-15-13-11-9-7-2/h35,37,59-60,64H,6-34,36,38-58H2,1-5H3,(H-,62,65,66,67)/p+1/b37-35-. The van der Waals surface area contributed by atoms with Gasteiger partial charge in [0.2, 0.25) is 5.91 Å². The number of nitrogens with zero attached hydrogens (tertiary/aromatic N) is 1. The summed E-state index contributed by atoms with van der Waals surface area (Å²) in [4.78, 5) is 23.4. The molecule has 0 rings (SSSR count). The topological polar surface area (TPSA) is 105 Å². The Balaban J connectivity index is 4.11. The lowest BCUT2D eigenvalue weighted by Crippen LogP contribution is -2.46. The largest absolute Gasteiger partial charge is 0.472 e. The predicted octanol–water partition coefficient (Wildman–Crippen LogP) is 19.0. The Labute approximate surface area is 437 Å². The molecule has 0 fully saturated rings. The van der Waals surface area contributed by atoms with E-state index in [0.29, 0.717) is 23.9 Å². The zero-order valence-corrected chi connectivity index (χ0v) is 48.7. The summed E-state index contributed by atoms with van der Waals surface area (Å²) in [6.07, 6.45) is 65.7. The molecule has 0 spiro atoms. The highest BCUT2D eigenvalue weighted by molar-refractivity contribution is 7.47. The van der Waals surface area contributed by atoms with Gasteiger partial charge >= 0.3 is 7.82 Å². The van der Waals surface area contributed by atoms with E-state index >= 15 is 0 Å². The van der Waals surface area contributed by atoms with Gasteiger partial charge in [0.15, 0.2) is 0 Å². The second-order valence-corrected chi connectivity index (χ2v) is 24.2. The van der Waals surface area contributed by atoms with Gasteiger partial charge in [0.1, 0.15) is 13.2 Å². The van der Waals surface area contributed by atoms with E-state index in [1.54, 1.807) is 0 Å². The van der Waals surface area contributed by atoms with Gasteiger partial charge in [-0.15, -0.1) is 0 Å². The van der Waals surface area contributed by atoms with Crippen LogP contribution in [0.3, 0.4) is 0 Å². The number of unbranched alkanes of at least 4 members (excludes halogenated alkanes) is 43. The number of likely N-dealkylation sites (N-methyl/N-ethyl adjacent to an activating group) is 1. The van der Waals surface area contributed by atoms with E-state index in [9.17, 15) is 19.4 Å². The monoisotopic (exact) mass is 1010 g/mol. The first-order valence-corrected chi connectivity index (χ1v) is 32.5. The number of amides is 1. The molecule has 0 aliphatic heterocycles. The normalized spacial score (nSPS) is 13.9. The maximum absolute atomic E-state index is 13.0. The molecule has 8 nitrogen and oxygen atoms in total. The van der Waals surface area contributed by atoms with Crippen LogP contribution in [0.1, 0.15) is 322 Å². The lowest BCUT2D eigenvalue weighted by molar-refractivity contribution is -0.870. The van der Waals surface area contributed by atoms with Crippen LogP contribution in [0.25, 0.3) is 0 Å². The number of nitrogens with one attached hydrogen (secondary N) is 1. The van der Waals surface area contributed by atoms with Crippen LogP contribution in [-0.4, -0.2) is 73.4 Å². The van der Waals surface area contributed by atoms with Gasteiger partial charge in [-0.3, -0.25) is 13.8 Å². The molecule has 0 heterocycles. The van der Waals surface area contributed by atoms with E-state index in [0.717, 1.165) is 38.5 Å². The number of hydrogen-bond donors (Lipinski definition) is 3. The Hall–Kier alpha value is -0.760. The average molecular weight is 1010 g/mol. The predicted molar refractivity (Wildman–Crippen MR) is 305 cm³/mol. The van der Waals surface area contributed by atoms with Crippen LogP contribution in [-0.2, 0) is 18.4 Å². The molecule has 3 atom stereocenters. The fourth-order valence-corrected chi connectivity index (χ4v) is 10.4. The summed E-state index contributed by atoms with van der Waals surface area (Å²) in [5.74, 6) is -0.142. The van der Waals surface area contributed by atoms with Gasteiger partial charge in [0.05, 0.1) is 39.9 Å². The fraction of sp³-hybridized carbons (Fsp3) is 0.951. The lowest BCUT2D eigenvalue weighted by atomic mass is 10.0. The van der Waals surface area contributed by atoms with Crippen LogP contribution >= 0.6 is 7.82 Å². The van der Waals surface area contributed by atoms with Crippen molar-refractivity contribution < 1.29 is 32.9 Å².